The van der Waals surface area contributed by atoms with Crippen molar-refractivity contribution in [3.05, 3.63) is 0 Å². The van der Waals surface area contributed by atoms with Gasteiger partial charge >= 0.3 is 5.97 Å². The number of esters is 1. The summed E-state index contributed by atoms with van der Waals surface area (Å²) in [6.07, 6.45) is 9.21. The standard InChI is InChI=1S/C24H48O5/c1-18(2)9-6-10-19(3)11-7-12-20(4)13-8-14-21(5)15-24(28)29-23(17-26)22(27)16-25/h18-23,25-27H,6-17H2,1-5H3/t19?,20?,21?,22-,23+/m1/s1. The summed E-state index contributed by atoms with van der Waals surface area (Å²) in [6.45, 7) is 10.3. The zero-order valence-electron chi connectivity index (χ0n) is 19.6. The van der Waals surface area contributed by atoms with E-state index in [0.717, 1.165) is 30.6 Å². The van der Waals surface area contributed by atoms with Crippen molar-refractivity contribution >= 4 is 5.97 Å². The minimum Gasteiger partial charge on any atom is -0.457 e. The third-order valence-corrected chi connectivity index (χ3v) is 5.86. The first kappa shape index (κ1) is 28.4. The maximum atomic E-state index is 11.9. The van der Waals surface area contributed by atoms with Gasteiger partial charge in [-0.15, -0.1) is 0 Å². The van der Waals surface area contributed by atoms with Gasteiger partial charge < -0.3 is 20.1 Å². The minimum absolute atomic E-state index is 0.210. The predicted octanol–water partition coefficient (Wildman–Crippen LogP) is 4.71. The average Bonchev–Trinajstić information content (AvgIpc) is 2.65. The second-order valence-corrected chi connectivity index (χ2v) is 9.67. The van der Waals surface area contributed by atoms with Crippen molar-refractivity contribution < 1.29 is 24.9 Å². The first-order chi connectivity index (χ1) is 13.7. The third-order valence-electron chi connectivity index (χ3n) is 5.86. The highest BCUT2D eigenvalue weighted by Gasteiger charge is 2.22. The Labute approximate surface area is 179 Å². The zero-order valence-corrected chi connectivity index (χ0v) is 19.6. The van der Waals surface area contributed by atoms with E-state index in [-0.39, 0.29) is 12.3 Å². The summed E-state index contributed by atoms with van der Waals surface area (Å²) in [6, 6.07) is 0. The van der Waals surface area contributed by atoms with Crippen LogP contribution in [0.25, 0.3) is 0 Å². The number of rotatable bonds is 18. The molecular formula is C24H48O5. The molecule has 0 aromatic heterocycles. The molecule has 5 heteroatoms. The van der Waals surface area contributed by atoms with Gasteiger partial charge in [0.05, 0.1) is 13.2 Å². The maximum Gasteiger partial charge on any atom is 0.306 e. The van der Waals surface area contributed by atoms with Crippen LogP contribution in [0.4, 0.5) is 0 Å². The fourth-order valence-electron chi connectivity index (χ4n) is 3.75. The highest BCUT2D eigenvalue weighted by molar-refractivity contribution is 5.69. The van der Waals surface area contributed by atoms with Crippen LogP contribution in [0.15, 0.2) is 0 Å². The third kappa shape index (κ3) is 15.8. The highest BCUT2D eigenvalue weighted by atomic mass is 16.6. The van der Waals surface area contributed by atoms with Gasteiger partial charge in [-0.2, -0.15) is 0 Å². The van der Waals surface area contributed by atoms with Gasteiger partial charge in [-0.25, -0.2) is 0 Å². The first-order valence-corrected chi connectivity index (χ1v) is 11.8. The van der Waals surface area contributed by atoms with Gasteiger partial charge in [-0.1, -0.05) is 92.4 Å². The molecule has 0 aliphatic heterocycles. The van der Waals surface area contributed by atoms with Crippen LogP contribution in [0.5, 0.6) is 0 Å². The fraction of sp³-hybridized carbons (Fsp3) is 0.958. The van der Waals surface area contributed by atoms with Crippen molar-refractivity contribution in [3.8, 4) is 0 Å². The fourth-order valence-corrected chi connectivity index (χ4v) is 3.75. The molecule has 0 amide bonds. The summed E-state index contributed by atoms with van der Waals surface area (Å²) in [5, 5.41) is 27.5. The first-order valence-electron chi connectivity index (χ1n) is 11.8. The van der Waals surface area contributed by atoms with Gasteiger partial charge in [-0.05, 0) is 23.7 Å². The Bertz CT molecular complexity index is 399. The van der Waals surface area contributed by atoms with E-state index in [1.807, 2.05) is 6.92 Å². The van der Waals surface area contributed by atoms with Crippen LogP contribution in [0, 0.1) is 23.7 Å². The maximum absolute atomic E-state index is 11.9. The lowest BCUT2D eigenvalue weighted by Crippen LogP contribution is -2.37. The van der Waals surface area contributed by atoms with Crippen molar-refractivity contribution in [1.82, 2.24) is 0 Å². The summed E-state index contributed by atoms with van der Waals surface area (Å²) in [5.41, 5.74) is 0. The van der Waals surface area contributed by atoms with E-state index in [0.29, 0.717) is 0 Å². The summed E-state index contributed by atoms with van der Waals surface area (Å²) in [4.78, 5) is 11.9. The number of carbonyl (C=O) groups is 1. The summed E-state index contributed by atoms with van der Waals surface area (Å²) >= 11 is 0. The Morgan fingerprint density at radius 2 is 1.17 bits per heavy atom. The highest BCUT2D eigenvalue weighted by Crippen LogP contribution is 2.23. The number of hydrogen-bond donors (Lipinski definition) is 3. The molecule has 0 radical (unpaired) electrons. The topological polar surface area (TPSA) is 87.0 Å². The Morgan fingerprint density at radius 3 is 1.59 bits per heavy atom. The molecule has 5 nitrogen and oxygen atoms in total. The molecule has 0 aromatic carbocycles. The lowest BCUT2D eigenvalue weighted by Gasteiger charge is -2.21. The van der Waals surface area contributed by atoms with Crippen molar-refractivity contribution in [2.45, 2.75) is 111 Å². The van der Waals surface area contributed by atoms with Gasteiger partial charge in [0.1, 0.15) is 6.10 Å². The number of aliphatic hydroxyl groups excluding tert-OH is 3. The van der Waals surface area contributed by atoms with E-state index < -0.39 is 31.4 Å². The van der Waals surface area contributed by atoms with Gasteiger partial charge in [0, 0.05) is 6.42 Å². The molecule has 0 aliphatic rings. The second-order valence-electron chi connectivity index (χ2n) is 9.67. The molecular weight excluding hydrogens is 368 g/mol. The quantitative estimate of drug-likeness (QED) is 0.282. The Morgan fingerprint density at radius 1 is 0.724 bits per heavy atom. The van der Waals surface area contributed by atoms with E-state index in [9.17, 15) is 9.90 Å². The van der Waals surface area contributed by atoms with Crippen LogP contribution < -0.4 is 0 Å². The van der Waals surface area contributed by atoms with Crippen LogP contribution in [0.1, 0.15) is 98.8 Å². The Kier molecular flexibility index (Phi) is 16.7. The van der Waals surface area contributed by atoms with Crippen molar-refractivity contribution in [2.75, 3.05) is 13.2 Å². The zero-order chi connectivity index (χ0) is 22.2. The van der Waals surface area contributed by atoms with Gasteiger partial charge in [0.15, 0.2) is 6.10 Å². The molecule has 0 fully saturated rings. The van der Waals surface area contributed by atoms with Crippen molar-refractivity contribution in [1.29, 1.82) is 0 Å². The molecule has 0 aliphatic carbocycles. The number of carbonyl (C=O) groups excluding carboxylic acids is 1. The van der Waals surface area contributed by atoms with Gasteiger partial charge in [0.2, 0.25) is 0 Å². The van der Waals surface area contributed by atoms with E-state index >= 15 is 0 Å². The second kappa shape index (κ2) is 17.1. The molecule has 3 unspecified atom stereocenters. The number of hydrogen-bond acceptors (Lipinski definition) is 5. The summed E-state index contributed by atoms with van der Waals surface area (Å²) in [5.74, 6) is 2.15. The predicted molar refractivity (Wildman–Crippen MR) is 119 cm³/mol. The van der Waals surface area contributed by atoms with E-state index in [1.165, 1.54) is 44.9 Å². The number of ether oxygens (including phenoxy) is 1. The van der Waals surface area contributed by atoms with Crippen LogP contribution in [-0.4, -0.2) is 46.7 Å². The molecule has 5 atom stereocenters. The van der Waals surface area contributed by atoms with Crippen LogP contribution in [0.3, 0.4) is 0 Å². The normalized spacial score (nSPS) is 17.0. The molecule has 0 saturated heterocycles. The molecule has 3 N–H and O–H groups in total. The molecule has 29 heavy (non-hydrogen) atoms. The summed E-state index contributed by atoms with van der Waals surface area (Å²) < 4.78 is 5.07. The Hall–Kier alpha value is -0.650. The van der Waals surface area contributed by atoms with E-state index in [4.69, 9.17) is 14.9 Å². The van der Waals surface area contributed by atoms with Crippen molar-refractivity contribution in [3.63, 3.8) is 0 Å². The number of aliphatic hydroxyl groups is 3. The molecule has 0 rings (SSSR count). The van der Waals surface area contributed by atoms with Gasteiger partial charge in [-0.3, -0.25) is 4.79 Å². The SMILES string of the molecule is CC(C)CCCC(C)CCCC(C)CCCC(C)CC(=O)O[C@@H](CO)[C@H](O)CO. The van der Waals surface area contributed by atoms with Crippen molar-refractivity contribution in [2.24, 2.45) is 23.7 Å². The lowest BCUT2D eigenvalue weighted by atomic mass is 9.91. The summed E-state index contributed by atoms with van der Waals surface area (Å²) in [7, 11) is 0. The molecule has 0 spiro atoms. The molecule has 0 bridgehead atoms. The smallest absolute Gasteiger partial charge is 0.306 e. The van der Waals surface area contributed by atoms with Crippen LogP contribution in [-0.2, 0) is 9.53 Å². The van der Waals surface area contributed by atoms with Gasteiger partial charge in [0.25, 0.3) is 0 Å². The molecule has 0 heterocycles. The monoisotopic (exact) mass is 416 g/mol. The Balaban J connectivity index is 3.84. The lowest BCUT2D eigenvalue weighted by molar-refractivity contribution is -0.160. The largest absolute Gasteiger partial charge is 0.457 e. The van der Waals surface area contributed by atoms with Crippen LogP contribution in [0.2, 0.25) is 0 Å². The molecule has 174 valence electrons. The van der Waals surface area contributed by atoms with E-state index in [2.05, 4.69) is 27.7 Å². The average molecular weight is 417 g/mol. The van der Waals surface area contributed by atoms with E-state index in [1.54, 1.807) is 0 Å². The molecule has 0 aromatic rings. The minimum atomic E-state index is -1.24. The van der Waals surface area contributed by atoms with Crippen LogP contribution >= 0.6 is 0 Å². The molecule has 0 saturated carbocycles.